The number of nitrogens with zero attached hydrogens (tertiary/aromatic N) is 3. The van der Waals surface area contributed by atoms with Crippen molar-refractivity contribution in [3.05, 3.63) is 5.21 Å². The van der Waals surface area contributed by atoms with Crippen LogP contribution in [0.1, 0.15) is 13.8 Å². The van der Waals surface area contributed by atoms with Gasteiger partial charge in [-0.2, -0.15) is 0 Å². The van der Waals surface area contributed by atoms with Crippen LogP contribution in [0.15, 0.2) is 5.28 Å². The topological polar surface area (TPSA) is 87.9 Å². The van der Waals surface area contributed by atoms with Crippen molar-refractivity contribution in [2.75, 3.05) is 13.1 Å². The standard InChI is InChI=1S/C5H14N4O2/c1-5(2)8(4-3-6)9(11)7-10/h5,10H,3-4,6H2,1-2H3/b9-7-. The highest BCUT2D eigenvalue weighted by Crippen LogP contribution is 1.96. The third-order valence-electron chi connectivity index (χ3n) is 1.25. The Kier molecular flexibility index (Phi) is 4.28. The van der Waals surface area contributed by atoms with Crippen molar-refractivity contribution in [3.63, 3.8) is 0 Å². The Bertz CT molecular complexity index is 136. The lowest BCUT2D eigenvalue weighted by Crippen LogP contribution is -2.40. The molecule has 0 spiro atoms. The summed E-state index contributed by atoms with van der Waals surface area (Å²) in [4.78, 5) is 0.136. The Morgan fingerprint density at radius 3 is 2.55 bits per heavy atom. The summed E-state index contributed by atoms with van der Waals surface area (Å²) in [5.41, 5.74) is 5.23. The van der Waals surface area contributed by atoms with Crippen molar-refractivity contribution < 1.29 is 10.2 Å². The summed E-state index contributed by atoms with van der Waals surface area (Å²) in [6, 6.07) is -0.0213. The van der Waals surface area contributed by atoms with Gasteiger partial charge in [-0.3, -0.25) is 0 Å². The van der Waals surface area contributed by atoms with Crippen LogP contribution in [0.3, 0.4) is 0 Å². The lowest BCUT2D eigenvalue weighted by Gasteiger charge is -2.19. The van der Waals surface area contributed by atoms with Gasteiger partial charge in [-0.05, 0) is 13.8 Å². The monoisotopic (exact) mass is 162 g/mol. The molecule has 3 N–H and O–H groups in total. The van der Waals surface area contributed by atoms with Gasteiger partial charge >= 0.3 is 0 Å². The zero-order valence-corrected chi connectivity index (χ0v) is 6.77. The Morgan fingerprint density at radius 1 is 1.73 bits per heavy atom. The van der Waals surface area contributed by atoms with E-state index in [1.165, 1.54) is 5.01 Å². The molecule has 0 aromatic rings. The maximum Gasteiger partial charge on any atom is 0.230 e. The van der Waals surface area contributed by atoms with Crippen molar-refractivity contribution in [2.45, 2.75) is 19.9 Å². The van der Waals surface area contributed by atoms with Gasteiger partial charge in [0, 0.05) is 6.54 Å². The van der Waals surface area contributed by atoms with Gasteiger partial charge in [-0.25, -0.2) is 0 Å². The van der Waals surface area contributed by atoms with Crippen LogP contribution in [-0.2, 0) is 0 Å². The van der Waals surface area contributed by atoms with E-state index in [1.54, 1.807) is 0 Å². The highest BCUT2D eigenvalue weighted by atomic mass is 16.6. The van der Waals surface area contributed by atoms with E-state index in [0.29, 0.717) is 13.1 Å². The summed E-state index contributed by atoms with van der Waals surface area (Å²) in [6.45, 7) is 4.36. The largest absolute Gasteiger partial charge is 0.569 e. The molecule has 66 valence electrons. The summed E-state index contributed by atoms with van der Waals surface area (Å²) >= 11 is 0. The number of hydrogen-bond acceptors (Lipinski definition) is 3. The van der Waals surface area contributed by atoms with Crippen molar-refractivity contribution in [3.8, 4) is 0 Å². The molecule has 6 heteroatoms. The molecule has 0 amide bonds. The number of nitrogens with two attached hydrogens (primary N) is 1. The lowest BCUT2D eigenvalue weighted by molar-refractivity contribution is -0.715. The van der Waals surface area contributed by atoms with Crippen LogP contribution in [0, 0.1) is 5.21 Å². The van der Waals surface area contributed by atoms with E-state index in [4.69, 9.17) is 10.9 Å². The third-order valence-corrected chi connectivity index (χ3v) is 1.25. The smallest absolute Gasteiger partial charge is 0.230 e. The summed E-state index contributed by atoms with van der Waals surface area (Å²) in [5.74, 6) is 0. The second-order valence-corrected chi connectivity index (χ2v) is 2.39. The van der Waals surface area contributed by atoms with Crippen LogP contribution < -0.4 is 5.73 Å². The molecule has 0 fully saturated rings. The summed E-state index contributed by atoms with van der Waals surface area (Å²) < 4.78 is 0. The first kappa shape index (κ1) is 9.96. The van der Waals surface area contributed by atoms with E-state index < -0.39 is 0 Å². The maximum atomic E-state index is 10.7. The van der Waals surface area contributed by atoms with Crippen molar-refractivity contribution in [2.24, 2.45) is 11.0 Å². The second-order valence-electron chi connectivity index (χ2n) is 2.39. The van der Waals surface area contributed by atoms with Crippen LogP contribution in [0.5, 0.6) is 0 Å². The molecule has 0 rings (SSSR count). The predicted molar refractivity (Wildman–Crippen MR) is 38.7 cm³/mol. The number of rotatable bonds is 4. The van der Waals surface area contributed by atoms with Gasteiger partial charge < -0.3 is 16.1 Å². The fraction of sp³-hybridized carbons (Fsp3) is 1.00. The normalized spacial score (nSPS) is 12.2. The molecule has 0 saturated carbocycles. The molecule has 6 nitrogen and oxygen atoms in total. The lowest BCUT2D eigenvalue weighted by atomic mass is 10.4. The van der Waals surface area contributed by atoms with Crippen LogP contribution in [-0.4, -0.2) is 34.3 Å². The van der Waals surface area contributed by atoms with Gasteiger partial charge in [-0.1, -0.05) is 0 Å². The summed E-state index contributed by atoms with van der Waals surface area (Å²) in [5, 5.41) is 22.6. The Hall–Kier alpha value is -1.04. The minimum Gasteiger partial charge on any atom is -0.569 e. The molecule has 0 heterocycles. The number of hydrogen-bond donors (Lipinski definition) is 2. The summed E-state index contributed by atoms with van der Waals surface area (Å²) in [6.07, 6.45) is 0. The van der Waals surface area contributed by atoms with E-state index in [-0.39, 0.29) is 11.0 Å². The molecule has 0 radical (unpaired) electrons. The fourth-order valence-corrected chi connectivity index (χ4v) is 0.725. The Balaban J connectivity index is 4.10. The SMILES string of the molecule is CC(C)N(CCN)/[N+]([O-])=N/O. The zero-order valence-electron chi connectivity index (χ0n) is 6.77. The Morgan fingerprint density at radius 2 is 2.27 bits per heavy atom. The molecule has 11 heavy (non-hydrogen) atoms. The fourth-order valence-electron chi connectivity index (χ4n) is 0.725. The molecule has 0 aromatic carbocycles. The average molecular weight is 162 g/mol. The number of hydrazine groups is 1. The van der Waals surface area contributed by atoms with Gasteiger partial charge in [0.15, 0.2) is 0 Å². The predicted octanol–water partition coefficient (Wildman–Crippen LogP) is -0.0778. The van der Waals surface area contributed by atoms with E-state index in [9.17, 15) is 5.21 Å². The van der Waals surface area contributed by atoms with Crippen LogP contribution in [0.25, 0.3) is 0 Å². The average Bonchev–Trinajstić information content (AvgIpc) is 1.98. The molecule has 0 aromatic heterocycles. The molecule has 0 aliphatic rings. The molecule has 0 bridgehead atoms. The third kappa shape index (κ3) is 3.03. The zero-order chi connectivity index (χ0) is 8.85. The van der Waals surface area contributed by atoms with E-state index in [2.05, 4.69) is 5.28 Å². The van der Waals surface area contributed by atoms with Crippen LogP contribution in [0.4, 0.5) is 0 Å². The van der Waals surface area contributed by atoms with Crippen molar-refractivity contribution in [1.82, 2.24) is 5.01 Å². The summed E-state index contributed by atoms with van der Waals surface area (Å²) in [7, 11) is 0. The second kappa shape index (κ2) is 4.73. The maximum absolute atomic E-state index is 10.7. The van der Waals surface area contributed by atoms with Crippen molar-refractivity contribution in [1.29, 1.82) is 0 Å². The quantitative estimate of drug-likeness (QED) is 0.344. The van der Waals surface area contributed by atoms with E-state index in [0.717, 1.165) is 0 Å². The first-order chi connectivity index (χ1) is 5.13. The molecular formula is C5H14N4O2. The van der Waals surface area contributed by atoms with Crippen LogP contribution in [0.2, 0.25) is 0 Å². The van der Waals surface area contributed by atoms with Crippen LogP contribution >= 0.6 is 0 Å². The van der Waals surface area contributed by atoms with Gasteiger partial charge in [0.2, 0.25) is 5.28 Å². The van der Waals surface area contributed by atoms with Crippen molar-refractivity contribution >= 4 is 0 Å². The Labute approximate surface area is 65.4 Å². The van der Waals surface area contributed by atoms with Gasteiger partial charge in [-0.15, -0.1) is 5.01 Å². The highest BCUT2D eigenvalue weighted by Gasteiger charge is 2.15. The molecule has 0 unspecified atom stereocenters. The molecule has 0 aliphatic heterocycles. The first-order valence-electron chi connectivity index (χ1n) is 3.42. The van der Waals surface area contributed by atoms with E-state index in [1.807, 2.05) is 13.8 Å². The van der Waals surface area contributed by atoms with Gasteiger partial charge in [0.05, 0.1) is 17.6 Å². The minimum atomic E-state index is -0.0213. The highest BCUT2D eigenvalue weighted by molar-refractivity contribution is 4.50. The van der Waals surface area contributed by atoms with Gasteiger partial charge in [0.25, 0.3) is 0 Å². The molecule has 0 atom stereocenters. The first-order valence-corrected chi connectivity index (χ1v) is 3.42. The van der Waals surface area contributed by atoms with Gasteiger partial charge in [0.1, 0.15) is 0 Å². The molecule has 0 saturated heterocycles. The molecular weight excluding hydrogens is 148 g/mol. The molecule has 0 aliphatic carbocycles. The minimum absolute atomic E-state index is 0.0213. The van der Waals surface area contributed by atoms with E-state index >= 15 is 0 Å².